The minimum absolute atomic E-state index is 0.0200. The van der Waals surface area contributed by atoms with Crippen LogP contribution in [0.4, 0.5) is 0 Å². The summed E-state index contributed by atoms with van der Waals surface area (Å²) in [7, 11) is 0. The summed E-state index contributed by atoms with van der Waals surface area (Å²) in [5, 5.41) is 2.72. The number of hydrogen-bond donors (Lipinski definition) is 1. The van der Waals surface area contributed by atoms with E-state index in [1.807, 2.05) is 4.90 Å². The maximum atomic E-state index is 12.2. The molecule has 1 aliphatic heterocycles. The van der Waals surface area contributed by atoms with Crippen molar-refractivity contribution in [2.24, 2.45) is 0 Å². The van der Waals surface area contributed by atoms with E-state index in [9.17, 15) is 9.59 Å². The van der Waals surface area contributed by atoms with Crippen molar-refractivity contribution in [1.29, 1.82) is 0 Å². The van der Waals surface area contributed by atoms with Gasteiger partial charge in [-0.05, 0) is 32.9 Å². The lowest BCUT2D eigenvalue weighted by molar-refractivity contribution is -0.134. The van der Waals surface area contributed by atoms with Crippen LogP contribution < -0.4 is 5.32 Å². The minimum atomic E-state index is -0.414. The molecule has 0 aromatic carbocycles. The molecule has 0 spiro atoms. The highest BCUT2D eigenvalue weighted by Gasteiger charge is 2.29. The SMILES string of the molecule is Cc1ccc(CC(C)N2CCC(=O)NC(C)C2=O)s1. The van der Waals surface area contributed by atoms with Crippen molar-refractivity contribution in [1.82, 2.24) is 10.2 Å². The summed E-state index contributed by atoms with van der Waals surface area (Å²) in [6.45, 7) is 6.40. The molecule has 1 N–H and O–H groups in total. The third-order valence-corrected chi connectivity index (χ3v) is 4.46. The van der Waals surface area contributed by atoms with Crippen LogP contribution in [-0.4, -0.2) is 35.3 Å². The Morgan fingerprint density at radius 1 is 1.47 bits per heavy atom. The number of thiophene rings is 1. The third-order valence-electron chi connectivity index (χ3n) is 3.44. The van der Waals surface area contributed by atoms with Crippen LogP contribution in [0.25, 0.3) is 0 Å². The van der Waals surface area contributed by atoms with E-state index in [2.05, 4.69) is 31.3 Å². The van der Waals surface area contributed by atoms with Gasteiger partial charge in [-0.15, -0.1) is 11.3 Å². The van der Waals surface area contributed by atoms with Gasteiger partial charge in [0.25, 0.3) is 0 Å². The molecule has 1 saturated heterocycles. The Balaban J connectivity index is 2.06. The van der Waals surface area contributed by atoms with Gasteiger partial charge in [0, 0.05) is 35.2 Å². The first-order chi connectivity index (χ1) is 8.97. The highest BCUT2D eigenvalue weighted by atomic mass is 32.1. The molecule has 1 aliphatic rings. The summed E-state index contributed by atoms with van der Waals surface area (Å²) in [5.41, 5.74) is 0. The van der Waals surface area contributed by atoms with Crippen LogP contribution in [0.3, 0.4) is 0 Å². The smallest absolute Gasteiger partial charge is 0.245 e. The number of rotatable bonds is 3. The van der Waals surface area contributed by atoms with Crippen LogP contribution in [0.1, 0.15) is 30.0 Å². The zero-order valence-electron chi connectivity index (χ0n) is 11.6. The van der Waals surface area contributed by atoms with E-state index >= 15 is 0 Å². The summed E-state index contributed by atoms with van der Waals surface area (Å²) in [4.78, 5) is 28.1. The molecule has 0 radical (unpaired) electrons. The monoisotopic (exact) mass is 280 g/mol. The average molecular weight is 280 g/mol. The van der Waals surface area contributed by atoms with Gasteiger partial charge in [-0.2, -0.15) is 0 Å². The Morgan fingerprint density at radius 2 is 2.21 bits per heavy atom. The summed E-state index contributed by atoms with van der Waals surface area (Å²) in [6.07, 6.45) is 1.25. The van der Waals surface area contributed by atoms with Gasteiger partial charge in [0.15, 0.2) is 0 Å². The molecule has 4 nitrogen and oxygen atoms in total. The standard InChI is InChI=1S/C14H20N2O2S/c1-9(8-12-5-4-10(2)19-12)16-7-6-13(17)15-11(3)14(16)18/h4-5,9,11H,6-8H2,1-3H3,(H,15,17). The maximum Gasteiger partial charge on any atom is 0.245 e. The molecule has 2 heterocycles. The third kappa shape index (κ3) is 3.35. The highest BCUT2D eigenvalue weighted by molar-refractivity contribution is 7.11. The molecule has 19 heavy (non-hydrogen) atoms. The van der Waals surface area contributed by atoms with Crippen LogP contribution in [0.5, 0.6) is 0 Å². The molecule has 1 aromatic heterocycles. The van der Waals surface area contributed by atoms with E-state index in [0.717, 1.165) is 6.42 Å². The second-order valence-corrected chi connectivity index (χ2v) is 6.51. The van der Waals surface area contributed by atoms with Crippen molar-refractivity contribution in [3.8, 4) is 0 Å². The number of nitrogens with zero attached hydrogens (tertiary/aromatic N) is 1. The first-order valence-corrected chi connectivity index (χ1v) is 7.44. The first-order valence-electron chi connectivity index (χ1n) is 6.62. The fourth-order valence-electron chi connectivity index (χ4n) is 2.39. The zero-order valence-corrected chi connectivity index (χ0v) is 12.4. The molecular weight excluding hydrogens is 260 g/mol. The van der Waals surface area contributed by atoms with Gasteiger partial charge in [-0.1, -0.05) is 0 Å². The van der Waals surface area contributed by atoms with E-state index < -0.39 is 6.04 Å². The number of aryl methyl sites for hydroxylation is 1. The molecule has 2 amide bonds. The van der Waals surface area contributed by atoms with E-state index in [1.54, 1.807) is 18.3 Å². The normalized spacial score (nSPS) is 22.1. The van der Waals surface area contributed by atoms with Crippen molar-refractivity contribution in [3.05, 3.63) is 21.9 Å². The average Bonchev–Trinajstić information content (AvgIpc) is 2.68. The predicted octanol–water partition coefficient (Wildman–Crippen LogP) is 1.72. The van der Waals surface area contributed by atoms with Crippen LogP contribution in [0.2, 0.25) is 0 Å². The molecule has 1 fully saturated rings. The Bertz CT molecular complexity index is 484. The minimum Gasteiger partial charge on any atom is -0.345 e. The van der Waals surface area contributed by atoms with Gasteiger partial charge in [-0.3, -0.25) is 9.59 Å². The number of nitrogens with one attached hydrogen (secondary N) is 1. The lowest BCUT2D eigenvalue weighted by Gasteiger charge is -2.28. The maximum absolute atomic E-state index is 12.2. The Hall–Kier alpha value is -1.36. The summed E-state index contributed by atoms with van der Waals surface area (Å²) in [6, 6.07) is 3.93. The van der Waals surface area contributed by atoms with Gasteiger partial charge in [0.05, 0.1) is 0 Å². The second kappa shape index (κ2) is 5.74. The van der Waals surface area contributed by atoms with Crippen molar-refractivity contribution in [3.63, 3.8) is 0 Å². The summed E-state index contributed by atoms with van der Waals surface area (Å²) in [5.74, 6) is -0.0193. The number of hydrogen-bond acceptors (Lipinski definition) is 3. The van der Waals surface area contributed by atoms with E-state index in [4.69, 9.17) is 0 Å². The van der Waals surface area contributed by atoms with Crippen LogP contribution >= 0.6 is 11.3 Å². The predicted molar refractivity (Wildman–Crippen MR) is 76.2 cm³/mol. The molecule has 104 valence electrons. The van der Waals surface area contributed by atoms with Crippen LogP contribution in [0, 0.1) is 6.92 Å². The summed E-state index contributed by atoms with van der Waals surface area (Å²) < 4.78 is 0. The summed E-state index contributed by atoms with van der Waals surface area (Å²) >= 11 is 1.77. The molecule has 2 atom stereocenters. The van der Waals surface area contributed by atoms with Gasteiger partial charge < -0.3 is 10.2 Å². The van der Waals surface area contributed by atoms with E-state index in [1.165, 1.54) is 9.75 Å². The van der Waals surface area contributed by atoms with Gasteiger partial charge in [0.2, 0.25) is 11.8 Å². The lowest BCUT2D eigenvalue weighted by Crippen LogP contribution is -2.46. The Morgan fingerprint density at radius 3 is 2.84 bits per heavy atom. The second-order valence-electron chi connectivity index (χ2n) is 5.14. The fraction of sp³-hybridized carbons (Fsp3) is 0.571. The van der Waals surface area contributed by atoms with Gasteiger partial charge >= 0.3 is 0 Å². The number of amides is 2. The molecule has 0 bridgehead atoms. The fourth-order valence-corrected chi connectivity index (χ4v) is 3.40. The molecule has 5 heteroatoms. The molecule has 2 unspecified atom stereocenters. The van der Waals surface area contributed by atoms with E-state index in [0.29, 0.717) is 13.0 Å². The van der Waals surface area contributed by atoms with Crippen molar-refractivity contribution in [2.45, 2.75) is 45.7 Å². The highest BCUT2D eigenvalue weighted by Crippen LogP contribution is 2.19. The van der Waals surface area contributed by atoms with Crippen molar-refractivity contribution >= 4 is 23.2 Å². The Kier molecular flexibility index (Phi) is 4.24. The molecule has 0 aliphatic carbocycles. The largest absolute Gasteiger partial charge is 0.345 e. The molecule has 1 aromatic rings. The first kappa shape index (κ1) is 14.1. The number of carbonyl (C=O) groups is 2. The van der Waals surface area contributed by atoms with Crippen LogP contribution in [-0.2, 0) is 16.0 Å². The Labute approximate surface area is 117 Å². The quantitative estimate of drug-likeness (QED) is 0.916. The molecular formula is C14H20N2O2S. The van der Waals surface area contributed by atoms with Crippen LogP contribution in [0.15, 0.2) is 12.1 Å². The van der Waals surface area contributed by atoms with Crippen molar-refractivity contribution in [2.75, 3.05) is 6.54 Å². The molecule has 0 saturated carbocycles. The number of carbonyl (C=O) groups excluding carboxylic acids is 2. The van der Waals surface area contributed by atoms with Crippen molar-refractivity contribution < 1.29 is 9.59 Å². The lowest BCUT2D eigenvalue weighted by atomic mass is 10.1. The van der Waals surface area contributed by atoms with Gasteiger partial charge in [-0.25, -0.2) is 0 Å². The van der Waals surface area contributed by atoms with Gasteiger partial charge in [0.1, 0.15) is 6.04 Å². The topological polar surface area (TPSA) is 49.4 Å². The molecule has 2 rings (SSSR count). The zero-order chi connectivity index (χ0) is 14.0. The van der Waals surface area contributed by atoms with E-state index in [-0.39, 0.29) is 17.9 Å².